The average molecular weight is 310 g/mol. The molecule has 0 fully saturated rings. The van der Waals surface area contributed by atoms with E-state index >= 15 is 0 Å². The highest BCUT2D eigenvalue weighted by Gasteiger charge is 2.16. The lowest BCUT2D eigenvalue weighted by Gasteiger charge is -2.14. The van der Waals surface area contributed by atoms with Gasteiger partial charge in [-0.3, -0.25) is 0 Å². The van der Waals surface area contributed by atoms with Gasteiger partial charge in [0.2, 0.25) is 0 Å². The number of hydrogen-bond donors (Lipinski definition) is 1. The molecule has 0 saturated heterocycles. The van der Waals surface area contributed by atoms with E-state index in [1.54, 1.807) is 11.3 Å². The first kappa shape index (κ1) is 12.8. The number of aryl methyl sites for hydroxylation is 3. The molecule has 0 bridgehead atoms. The van der Waals surface area contributed by atoms with Crippen molar-refractivity contribution in [2.45, 2.75) is 26.8 Å². The summed E-state index contributed by atoms with van der Waals surface area (Å²) >= 11 is 5.39. The molecule has 0 aliphatic heterocycles. The molecular formula is C14H16BrNS. The second-order valence-corrected chi connectivity index (χ2v) is 6.55. The van der Waals surface area contributed by atoms with Gasteiger partial charge < -0.3 is 5.73 Å². The Bertz CT molecular complexity index is 545. The summed E-state index contributed by atoms with van der Waals surface area (Å²) in [6.07, 6.45) is 0. The van der Waals surface area contributed by atoms with Crippen LogP contribution in [-0.4, -0.2) is 0 Å². The van der Waals surface area contributed by atoms with Crippen molar-refractivity contribution >= 4 is 27.3 Å². The Hall–Kier alpha value is -0.640. The van der Waals surface area contributed by atoms with Crippen LogP contribution in [0.25, 0.3) is 0 Å². The van der Waals surface area contributed by atoms with Crippen LogP contribution in [0.4, 0.5) is 0 Å². The normalized spacial score (nSPS) is 12.8. The van der Waals surface area contributed by atoms with Crippen LogP contribution in [0.2, 0.25) is 0 Å². The summed E-state index contributed by atoms with van der Waals surface area (Å²) in [5.41, 5.74) is 10.0. The number of halogens is 1. The van der Waals surface area contributed by atoms with E-state index in [0.29, 0.717) is 0 Å². The summed E-state index contributed by atoms with van der Waals surface area (Å²) in [7, 11) is 0. The number of rotatable bonds is 2. The maximum Gasteiger partial charge on any atom is 0.0659 e. The Morgan fingerprint density at radius 2 is 1.88 bits per heavy atom. The van der Waals surface area contributed by atoms with Crippen LogP contribution >= 0.6 is 27.3 Å². The Kier molecular flexibility index (Phi) is 3.71. The van der Waals surface area contributed by atoms with E-state index in [9.17, 15) is 0 Å². The van der Waals surface area contributed by atoms with E-state index in [2.05, 4.69) is 61.0 Å². The minimum atomic E-state index is -0.0383. The van der Waals surface area contributed by atoms with E-state index in [0.717, 1.165) is 10.0 Å². The monoisotopic (exact) mass is 309 g/mol. The Labute approximate surface area is 115 Å². The third-order valence-electron chi connectivity index (χ3n) is 2.85. The zero-order valence-corrected chi connectivity index (χ0v) is 12.7. The van der Waals surface area contributed by atoms with Gasteiger partial charge in [-0.1, -0.05) is 28.1 Å². The number of nitrogens with two attached hydrogens (primary N) is 1. The molecule has 1 aromatic heterocycles. The highest BCUT2D eigenvalue weighted by molar-refractivity contribution is 9.10. The van der Waals surface area contributed by atoms with Gasteiger partial charge in [0.1, 0.15) is 0 Å². The van der Waals surface area contributed by atoms with E-state index in [-0.39, 0.29) is 6.04 Å². The summed E-state index contributed by atoms with van der Waals surface area (Å²) in [5.74, 6) is 0. The Morgan fingerprint density at radius 3 is 2.41 bits per heavy atom. The predicted molar refractivity (Wildman–Crippen MR) is 78.7 cm³/mol. The molecule has 0 aliphatic rings. The first-order valence-corrected chi connectivity index (χ1v) is 7.18. The van der Waals surface area contributed by atoms with Gasteiger partial charge in [0.15, 0.2) is 0 Å². The standard InChI is InChI=1S/C14H16BrNS/c1-8-4-5-11(12(15)6-8)13(16)14-9(2)7-10(3)17-14/h4-7,13H,16H2,1-3H3. The summed E-state index contributed by atoms with van der Waals surface area (Å²) in [5, 5.41) is 0. The second-order valence-electron chi connectivity index (χ2n) is 4.41. The largest absolute Gasteiger partial charge is 0.320 e. The van der Waals surface area contributed by atoms with Gasteiger partial charge in [0, 0.05) is 14.2 Å². The molecule has 17 heavy (non-hydrogen) atoms. The van der Waals surface area contributed by atoms with Crippen molar-refractivity contribution in [1.29, 1.82) is 0 Å². The van der Waals surface area contributed by atoms with Crippen LogP contribution < -0.4 is 5.73 Å². The Balaban J connectivity index is 2.43. The fourth-order valence-corrected chi connectivity index (χ4v) is 3.79. The van der Waals surface area contributed by atoms with Crippen LogP contribution in [0, 0.1) is 20.8 Å². The van der Waals surface area contributed by atoms with Crippen molar-refractivity contribution in [3.8, 4) is 0 Å². The van der Waals surface area contributed by atoms with Crippen molar-refractivity contribution in [2.24, 2.45) is 5.73 Å². The molecule has 2 N–H and O–H groups in total. The molecule has 1 unspecified atom stereocenters. The van der Waals surface area contributed by atoms with Crippen LogP contribution in [0.15, 0.2) is 28.7 Å². The maximum absolute atomic E-state index is 6.36. The lowest BCUT2D eigenvalue weighted by Crippen LogP contribution is -2.12. The molecule has 0 saturated carbocycles. The number of benzene rings is 1. The Morgan fingerprint density at radius 1 is 1.18 bits per heavy atom. The zero-order chi connectivity index (χ0) is 12.6. The predicted octanol–water partition coefficient (Wildman–Crippen LogP) is 4.48. The van der Waals surface area contributed by atoms with E-state index in [1.165, 1.54) is 20.9 Å². The lowest BCUT2D eigenvalue weighted by atomic mass is 10.0. The molecule has 2 aromatic rings. The van der Waals surface area contributed by atoms with Crippen LogP contribution in [0.5, 0.6) is 0 Å². The highest BCUT2D eigenvalue weighted by Crippen LogP contribution is 2.33. The quantitative estimate of drug-likeness (QED) is 0.869. The molecule has 0 aliphatic carbocycles. The van der Waals surface area contributed by atoms with Gasteiger partial charge in [-0.15, -0.1) is 11.3 Å². The van der Waals surface area contributed by atoms with Gasteiger partial charge >= 0.3 is 0 Å². The van der Waals surface area contributed by atoms with Crippen molar-refractivity contribution < 1.29 is 0 Å². The highest BCUT2D eigenvalue weighted by atomic mass is 79.9. The summed E-state index contributed by atoms with van der Waals surface area (Å²) in [4.78, 5) is 2.57. The first-order valence-electron chi connectivity index (χ1n) is 5.57. The van der Waals surface area contributed by atoms with Crippen LogP contribution in [0.1, 0.15) is 32.5 Å². The van der Waals surface area contributed by atoms with Crippen LogP contribution in [0.3, 0.4) is 0 Å². The van der Waals surface area contributed by atoms with Crippen LogP contribution in [-0.2, 0) is 0 Å². The van der Waals surface area contributed by atoms with Crippen molar-refractivity contribution in [2.75, 3.05) is 0 Å². The fraction of sp³-hybridized carbons (Fsp3) is 0.286. The molecule has 1 nitrogen and oxygen atoms in total. The molecule has 1 heterocycles. The SMILES string of the molecule is Cc1ccc(C(N)c2sc(C)cc2C)c(Br)c1. The van der Waals surface area contributed by atoms with Gasteiger partial charge in [-0.25, -0.2) is 0 Å². The number of thiophene rings is 1. The molecule has 1 aromatic carbocycles. The molecular weight excluding hydrogens is 294 g/mol. The van der Waals surface area contributed by atoms with Crippen molar-refractivity contribution in [1.82, 2.24) is 0 Å². The summed E-state index contributed by atoms with van der Waals surface area (Å²) < 4.78 is 1.09. The fourth-order valence-electron chi connectivity index (χ4n) is 1.99. The van der Waals surface area contributed by atoms with Crippen molar-refractivity contribution in [3.63, 3.8) is 0 Å². The number of hydrogen-bond acceptors (Lipinski definition) is 2. The van der Waals surface area contributed by atoms with Gasteiger partial charge in [0.25, 0.3) is 0 Å². The topological polar surface area (TPSA) is 26.0 Å². The molecule has 2 rings (SSSR count). The third kappa shape index (κ3) is 2.62. The summed E-state index contributed by atoms with van der Waals surface area (Å²) in [6.45, 7) is 6.33. The maximum atomic E-state index is 6.36. The van der Waals surface area contributed by atoms with E-state index in [1.807, 2.05) is 0 Å². The minimum absolute atomic E-state index is 0.0383. The smallest absolute Gasteiger partial charge is 0.0659 e. The molecule has 0 amide bonds. The summed E-state index contributed by atoms with van der Waals surface area (Å²) in [6, 6.07) is 8.49. The van der Waals surface area contributed by atoms with Gasteiger partial charge in [0.05, 0.1) is 6.04 Å². The second kappa shape index (κ2) is 4.92. The van der Waals surface area contributed by atoms with E-state index < -0.39 is 0 Å². The van der Waals surface area contributed by atoms with Crippen molar-refractivity contribution in [3.05, 3.63) is 55.2 Å². The van der Waals surface area contributed by atoms with E-state index in [4.69, 9.17) is 5.73 Å². The van der Waals surface area contributed by atoms with Gasteiger partial charge in [-0.2, -0.15) is 0 Å². The molecule has 90 valence electrons. The van der Waals surface area contributed by atoms with Gasteiger partial charge in [-0.05, 0) is 49.6 Å². The zero-order valence-electron chi connectivity index (χ0n) is 10.3. The lowest BCUT2D eigenvalue weighted by molar-refractivity contribution is 0.878. The molecule has 0 radical (unpaired) electrons. The third-order valence-corrected chi connectivity index (χ3v) is 4.78. The minimum Gasteiger partial charge on any atom is -0.320 e. The molecule has 0 spiro atoms. The average Bonchev–Trinajstić information content (AvgIpc) is 2.57. The molecule has 3 heteroatoms. The molecule has 1 atom stereocenters. The first-order chi connectivity index (χ1) is 7.99.